The number of piperidine rings is 1. The molecule has 2 N–H and O–H groups in total. The van der Waals surface area contributed by atoms with E-state index in [4.69, 9.17) is 5.11 Å². The van der Waals surface area contributed by atoms with Gasteiger partial charge in [-0.05, 0) is 26.7 Å². The number of carbonyl (C=O) groups is 2. The van der Waals surface area contributed by atoms with Gasteiger partial charge in [0, 0.05) is 24.2 Å². The number of thiazole rings is 1. The van der Waals surface area contributed by atoms with Crippen molar-refractivity contribution in [2.24, 2.45) is 5.92 Å². The van der Waals surface area contributed by atoms with Crippen LogP contribution >= 0.6 is 11.3 Å². The molecular weight excluding hydrogens is 278 g/mol. The van der Waals surface area contributed by atoms with E-state index < -0.39 is 11.9 Å². The molecule has 2 unspecified atom stereocenters. The fourth-order valence-corrected chi connectivity index (χ4v) is 3.08. The fourth-order valence-electron chi connectivity index (χ4n) is 2.27. The Morgan fingerprint density at radius 1 is 1.60 bits per heavy atom. The van der Waals surface area contributed by atoms with Gasteiger partial charge in [0.2, 0.25) is 0 Å². The lowest BCUT2D eigenvalue weighted by atomic mass is 9.99. The second-order valence-electron chi connectivity index (χ2n) is 5.12. The normalized spacial score (nSPS) is 20.5. The van der Waals surface area contributed by atoms with Crippen LogP contribution in [-0.2, 0) is 4.79 Å². The number of hydrogen-bond acceptors (Lipinski definition) is 4. The highest BCUT2D eigenvalue weighted by Crippen LogP contribution is 2.20. The number of rotatable bonds is 3. The van der Waals surface area contributed by atoms with Crippen LogP contribution in [0.15, 0.2) is 5.38 Å². The summed E-state index contributed by atoms with van der Waals surface area (Å²) in [5.74, 6) is -1.28. The second kappa shape index (κ2) is 6.21. The smallest absolute Gasteiger partial charge is 0.317 e. The minimum absolute atomic E-state index is 0.161. The molecular formula is C13H19N3O3S. The zero-order chi connectivity index (χ0) is 14.7. The van der Waals surface area contributed by atoms with Crippen LogP contribution in [0.25, 0.3) is 0 Å². The Morgan fingerprint density at radius 2 is 2.35 bits per heavy atom. The highest BCUT2D eigenvalue weighted by molar-refractivity contribution is 7.09. The van der Waals surface area contributed by atoms with E-state index in [1.54, 1.807) is 4.90 Å². The van der Waals surface area contributed by atoms with Gasteiger partial charge < -0.3 is 15.3 Å². The van der Waals surface area contributed by atoms with E-state index in [0.717, 1.165) is 17.1 Å². The van der Waals surface area contributed by atoms with E-state index in [0.29, 0.717) is 13.0 Å². The standard InChI is InChI=1S/C13H19N3O3S/c1-8-7-20-11(14-8)9(2)15-13(19)16-5-3-4-10(6-16)12(17)18/h7,9-10H,3-6H2,1-2H3,(H,15,19)(H,17,18). The zero-order valence-corrected chi connectivity index (χ0v) is 12.4. The molecule has 20 heavy (non-hydrogen) atoms. The minimum Gasteiger partial charge on any atom is -0.481 e. The molecule has 1 aliphatic heterocycles. The molecule has 2 atom stereocenters. The third-order valence-corrected chi connectivity index (χ3v) is 4.55. The van der Waals surface area contributed by atoms with E-state index in [1.807, 2.05) is 19.2 Å². The van der Waals surface area contributed by atoms with Crippen LogP contribution < -0.4 is 5.32 Å². The second-order valence-corrected chi connectivity index (χ2v) is 6.01. The molecule has 2 heterocycles. The molecule has 0 aliphatic carbocycles. The Hall–Kier alpha value is -1.63. The maximum atomic E-state index is 12.2. The highest BCUT2D eigenvalue weighted by atomic mass is 32.1. The topological polar surface area (TPSA) is 82.5 Å². The molecule has 6 nitrogen and oxygen atoms in total. The number of aromatic nitrogens is 1. The maximum absolute atomic E-state index is 12.2. The first-order valence-electron chi connectivity index (χ1n) is 6.67. The van der Waals surface area contributed by atoms with Crippen molar-refractivity contribution in [1.82, 2.24) is 15.2 Å². The predicted octanol–water partition coefficient (Wildman–Crippen LogP) is 2.02. The van der Waals surface area contributed by atoms with Crippen molar-refractivity contribution in [3.05, 3.63) is 16.1 Å². The zero-order valence-electron chi connectivity index (χ0n) is 11.6. The Kier molecular flexibility index (Phi) is 4.59. The van der Waals surface area contributed by atoms with E-state index in [2.05, 4.69) is 10.3 Å². The van der Waals surface area contributed by atoms with Crippen LogP contribution in [-0.4, -0.2) is 40.1 Å². The average molecular weight is 297 g/mol. The highest BCUT2D eigenvalue weighted by Gasteiger charge is 2.28. The summed E-state index contributed by atoms with van der Waals surface area (Å²) in [6.07, 6.45) is 1.37. The molecule has 0 spiro atoms. The Morgan fingerprint density at radius 3 is 2.95 bits per heavy atom. The molecule has 1 fully saturated rings. The number of hydrogen-bond donors (Lipinski definition) is 2. The quantitative estimate of drug-likeness (QED) is 0.894. The van der Waals surface area contributed by atoms with Gasteiger partial charge in [0.25, 0.3) is 0 Å². The molecule has 1 aliphatic rings. The van der Waals surface area contributed by atoms with Crippen molar-refractivity contribution in [1.29, 1.82) is 0 Å². The molecule has 110 valence electrons. The van der Waals surface area contributed by atoms with Crippen LogP contribution in [0.1, 0.15) is 36.5 Å². The molecule has 0 radical (unpaired) electrons. The number of amides is 2. The number of urea groups is 1. The van der Waals surface area contributed by atoms with Crippen molar-refractivity contribution in [2.45, 2.75) is 32.7 Å². The molecule has 0 bridgehead atoms. The predicted molar refractivity (Wildman–Crippen MR) is 75.7 cm³/mol. The van der Waals surface area contributed by atoms with Crippen molar-refractivity contribution in [3.63, 3.8) is 0 Å². The first-order chi connectivity index (χ1) is 9.47. The summed E-state index contributed by atoms with van der Waals surface area (Å²) in [6, 6.07) is -0.372. The Balaban J connectivity index is 1.92. The first kappa shape index (κ1) is 14.8. The van der Waals surface area contributed by atoms with Gasteiger partial charge in [0.15, 0.2) is 0 Å². The van der Waals surface area contributed by atoms with E-state index >= 15 is 0 Å². The lowest BCUT2D eigenvalue weighted by Crippen LogP contribution is -2.47. The molecule has 0 aromatic carbocycles. The largest absolute Gasteiger partial charge is 0.481 e. The maximum Gasteiger partial charge on any atom is 0.317 e. The van der Waals surface area contributed by atoms with Gasteiger partial charge in [-0.25, -0.2) is 9.78 Å². The summed E-state index contributed by atoms with van der Waals surface area (Å²) in [7, 11) is 0. The summed E-state index contributed by atoms with van der Waals surface area (Å²) in [5, 5.41) is 14.7. The Labute approximate surface area is 121 Å². The first-order valence-corrected chi connectivity index (χ1v) is 7.55. The van der Waals surface area contributed by atoms with Gasteiger partial charge in [-0.1, -0.05) is 0 Å². The van der Waals surface area contributed by atoms with E-state index in [9.17, 15) is 9.59 Å². The van der Waals surface area contributed by atoms with Gasteiger partial charge in [0.05, 0.1) is 12.0 Å². The average Bonchev–Trinajstić information content (AvgIpc) is 2.85. The minimum atomic E-state index is -0.828. The van der Waals surface area contributed by atoms with Crippen molar-refractivity contribution < 1.29 is 14.7 Å². The van der Waals surface area contributed by atoms with Crippen LogP contribution in [0.3, 0.4) is 0 Å². The number of carboxylic acid groups (broad SMARTS) is 1. The summed E-state index contributed by atoms with van der Waals surface area (Å²) in [5.41, 5.74) is 0.940. The van der Waals surface area contributed by atoms with Crippen LogP contribution in [0, 0.1) is 12.8 Å². The molecule has 2 rings (SSSR count). The molecule has 1 aromatic heterocycles. The van der Waals surface area contributed by atoms with Crippen molar-refractivity contribution in [2.75, 3.05) is 13.1 Å². The molecule has 1 saturated heterocycles. The summed E-state index contributed by atoms with van der Waals surface area (Å²) >= 11 is 1.51. The number of nitrogens with zero attached hydrogens (tertiary/aromatic N) is 2. The van der Waals surface area contributed by atoms with Crippen LogP contribution in [0.2, 0.25) is 0 Å². The number of carboxylic acids is 1. The number of carbonyl (C=O) groups excluding carboxylic acids is 1. The van der Waals surface area contributed by atoms with Gasteiger partial charge in [-0.15, -0.1) is 11.3 Å². The fraction of sp³-hybridized carbons (Fsp3) is 0.615. The van der Waals surface area contributed by atoms with Crippen molar-refractivity contribution in [3.8, 4) is 0 Å². The SMILES string of the molecule is Cc1csc(C(C)NC(=O)N2CCCC(C(=O)O)C2)n1. The third-order valence-electron chi connectivity index (χ3n) is 3.41. The van der Waals surface area contributed by atoms with E-state index in [1.165, 1.54) is 11.3 Å². The van der Waals surface area contributed by atoms with Gasteiger partial charge in [-0.3, -0.25) is 4.79 Å². The van der Waals surface area contributed by atoms with Gasteiger partial charge in [0.1, 0.15) is 5.01 Å². The van der Waals surface area contributed by atoms with Gasteiger partial charge in [-0.2, -0.15) is 0 Å². The summed E-state index contributed by atoms with van der Waals surface area (Å²) in [6.45, 7) is 4.69. The molecule has 1 aromatic rings. The number of nitrogens with one attached hydrogen (secondary N) is 1. The molecule has 7 heteroatoms. The summed E-state index contributed by atoms with van der Waals surface area (Å²) < 4.78 is 0. The number of aliphatic carboxylic acids is 1. The summed E-state index contributed by atoms with van der Waals surface area (Å²) in [4.78, 5) is 29.1. The van der Waals surface area contributed by atoms with Crippen LogP contribution in [0.4, 0.5) is 4.79 Å². The number of likely N-dealkylation sites (tertiary alicyclic amines) is 1. The molecule has 0 saturated carbocycles. The van der Waals surface area contributed by atoms with Gasteiger partial charge >= 0.3 is 12.0 Å². The number of aryl methyl sites for hydroxylation is 1. The molecule has 2 amide bonds. The third kappa shape index (κ3) is 3.47. The van der Waals surface area contributed by atoms with Crippen LogP contribution in [0.5, 0.6) is 0 Å². The Bertz CT molecular complexity index is 503. The van der Waals surface area contributed by atoms with Crippen molar-refractivity contribution >= 4 is 23.3 Å². The monoisotopic (exact) mass is 297 g/mol. The lowest BCUT2D eigenvalue weighted by molar-refractivity contribution is -0.143. The van der Waals surface area contributed by atoms with E-state index in [-0.39, 0.29) is 18.6 Å². The lowest BCUT2D eigenvalue weighted by Gasteiger charge is -2.31.